The highest BCUT2D eigenvalue weighted by Gasteiger charge is 2.12. The van der Waals surface area contributed by atoms with Crippen molar-refractivity contribution in [2.24, 2.45) is 5.92 Å². The van der Waals surface area contributed by atoms with E-state index in [0.717, 1.165) is 24.2 Å². The minimum Gasteiger partial charge on any atom is -0.494 e. The van der Waals surface area contributed by atoms with E-state index in [-0.39, 0.29) is 37.5 Å². The first kappa shape index (κ1) is 66.8. The van der Waals surface area contributed by atoms with Gasteiger partial charge in [-0.1, -0.05) is 44.2 Å². The van der Waals surface area contributed by atoms with Gasteiger partial charge in [0.2, 0.25) is 0 Å². The molecule has 0 aromatic heterocycles. The van der Waals surface area contributed by atoms with Gasteiger partial charge in [-0.25, -0.2) is 4.79 Å². The predicted molar refractivity (Wildman–Crippen MR) is 324 cm³/mol. The molecule has 454 valence electrons. The monoisotopic (exact) mass is 1180 g/mol. The Hall–Kier alpha value is -9.96. The van der Waals surface area contributed by atoms with Crippen LogP contribution in [0.2, 0.25) is 0 Å². The van der Waals surface area contributed by atoms with E-state index in [4.69, 9.17) is 48.1 Å². The highest BCUT2D eigenvalue weighted by Crippen LogP contribution is 2.22. The molecule has 0 saturated heterocycles. The second-order valence-electron chi connectivity index (χ2n) is 18.7. The fraction of sp³-hybridized carbons (Fsp3) is 0.262. The summed E-state index contributed by atoms with van der Waals surface area (Å²) in [5, 5.41) is 30.0. The minimum atomic E-state index is -0.437. The SMILES string of the molecule is CCOC(=O)COc1ccc(NC(=O)c2ccc(OCCCC(C)C)cc2)cc1.COCCOc1ccc(C(=O)Nc2ccc(OCC(=O)NCO)cc2)cc1.O=C(COc1ccc(NC(=O)c2ccc(OCc3ccccc3)cc2)cc1)NCO. The van der Waals surface area contributed by atoms with Crippen LogP contribution in [0.1, 0.15) is 70.3 Å². The summed E-state index contributed by atoms with van der Waals surface area (Å²) in [5.74, 6) is 2.25. The quantitative estimate of drug-likeness (QED) is 0.0126. The van der Waals surface area contributed by atoms with E-state index < -0.39 is 31.2 Å². The molecule has 7 aromatic carbocycles. The third kappa shape index (κ3) is 26.1. The molecule has 7 aromatic rings. The second kappa shape index (κ2) is 38.0. The lowest BCUT2D eigenvalue weighted by atomic mass is 10.1. The van der Waals surface area contributed by atoms with Crippen molar-refractivity contribution in [3.63, 3.8) is 0 Å². The number of methoxy groups -OCH3 is 1. The molecule has 86 heavy (non-hydrogen) atoms. The molecule has 21 heteroatoms. The van der Waals surface area contributed by atoms with Crippen molar-refractivity contribution >= 4 is 52.6 Å². The van der Waals surface area contributed by atoms with E-state index in [9.17, 15) is 28.8 Å². The van der Waals surface area contributed by atoms with Crippen LogP contribution in [0.5, 0.6) is 34.5 Å². The molecule has 0 aliphatic carbocycles. The highest BCUT2D eigenvalue weighted by atomic mass is 16.6. The van der Waals surface area contributed by atoms with E-state index in [1.165, 1.54) is 0 Å². The number of benzene rings is 7. The molecule has 0 atom stereocenters. The fourth-order valence-corrected chi connectivity index (χ4v) is 7.21. The molecule has 0 aliphatic heterocycles. The van der Waals surface area contributed by atoms with E-state index in [2.05, 4.69) is 40.4 Å². The van der Waals surface area contributed by atoms with Crippen LogP contribution in [0.4, 0.5) is 17.1 Å². The standard InChI is InChI=1S/C23H22N2O5.C23H29NO5.C19H22N2O6/c26-16-24-22(27)15-30-21-12-8-19(9-13-21)25-23(28)18-6-10-20(11-7-18)29-14-17-4-2-1-3-5-17;1-4-27-22(25)16-29-21-13-9-19(10-14-21)24-23(26)18-7-11-20(12-8-18)28-15-5-6-17(2)3;1-25-10-11-26-16-6-2-14(3-7-16)19(24)21-15-4-8-17(9-5-15)27-12-18(23)20-13-22/h1-13,26H,14-16H2,(H,24,27)(H,25,28);7-14,17H,4-6,15-16H2,1-3H3,(H,24,26);2-9,22H,10-13H2,1H3,(H,20,23)(H,21,24). The molecule has 0 bridgehead atoms. The summed E-state index contributed by atoms with van der Waals surface area (Å²) in [6.07, 6.45) is 2.15. The zero-order chi connectivity index (χ0) is 61.7. The summed E-state index contributed by atoms with van der Waals surface area (Å²) in [6, 6.07) is 50.7. The molecule has 0 saturated carbocycles. The zero-order valence-corrected chi connectivity index (χ0v) is 48.4. The first-order valence-corrected chi connectivity index (χ1v) is 27.5. The molecule has 0 radical (unpaired) electrons. The second-order valence-corrected chi connectivity index (χ2v) is 18.7. The third-order valence-corrected chi connectivity index (χ3v) is 11.6. The van der Waals surface area contributed by atoms with Crippen LogP contribution in [0.25, 0.3) is 0 Å². The molecule has 0 heterocycles. The van der Waals surface area contributed by atoms with Crippen molar-refractivity contribution in [2.75, 3.05) is 82.8 Å². The van der Waals surface area contributed by atoms with Crippen molar-refractivity contribution in [1.29, 1.82) is 0 Å². The van der Waals surface area contributed by atoms with Gasteiger partial charge in [-0.15, -0.1) is 0 Å². The maximum Gasteiger partial charge on any atom is 0.344 e. The van der Waals surface area contributed by atoms with Gasteiger partial charge in [-0.05, 0) is 177 Å². The number of rotatable bonds is 30. The van der Waals surface area contributed by atoms with Crippen molar-refractivity contribution in [2.45, 2.75) is 40.2 Å². The van der Waals surface area contributed by atoms with Crippen molar-refractivity contribution < 1.29 is 76.9 Å². The molecular formula is C65H73N5O16. The highest BCUT2D eigenvalue weighted by molar-refractivity contribution is 6.05. The van der Waals surface area contributed by atoms with Gasteiger partial charge >= 0.3 is 5.97 Å². The molecule has 7 rings (SSSR count). The van der Waals surface area contributed by atoms with Crippen LogP contribution in [0.15, 0.2) is 176 Å². The Kier molecular flexibility index (Phi) is 29.5. The number of amides is 5. The maximum atomic E-state index is 12.4. The summed E-state index contributed by atoms with van der Waals surface area (Å²) in [6.45, 7) is 7.09. The smallest absolute Gasteiger partial charge is 0.344 e. The van der Waals surface area contributed by atoms with Crippen LogP contribution in [0, 0.1) is 5.92 Å². The number of hydrogen-bond donors (Lipinski definition) is 7. The number of carbonyl (C=O) groups excluding carboxylic acids is 6. The van der Waals surface area contributed by atoms with E-state index in [0.29, 0.717) is 101 Å². The van der Waals surface area contributed by atoms with Gasteiger partial charge in [0.1, 0.15) is 61.2 Å². The number of carbonyl (C=O) groups is 6. The Morgan fingerprint density at radius 3 is 1.16 bits per heavy atom. The van der Waals surface area contributed by atoms with Crippen molar-refractivity contribution in [3.8, 4) is 34.5 Å². The maximum absolute atomic E-state index is 12.4. The van der Waals surface area contributed by atoms with E-state index >= 15 is 0 Å². The van der Waals surface area contributed by atoms with Gasteiger partial charge in [-0.2, -0.15) is 0 Å². The molecule has 0 aliphatic rings. The van der Waals surface area contributed by atoms with Gasteiger partial charge in [0, 0.05) is 40.9 Å². The number of aliphatic hydroxyl groups is 2. The summed E-state index contributed by atoms with van der Waals surface area (Å²) in [7, 11) is 1.60. The van der Waals surface area contributed by atoms with Gasteiger partial charge in [0.25, 0.3) is 29.5 Å². The predicted octanol–water partition coefficient (Wildman–Crippen LogP) is 9.07. The Morgan fingerprint density at radius 2 is 0.791 bits per heavy atom. The topological polar surface area (TPSA) is 277 Å². The molecule has 5 amide bonds. The summed E-state index contributed by atoms with van der Waals surface area (Å²) >= 11 is 0. The van der Waals surface area contributed by atoms with Crippen LogP contribution in [-0.2, 0) is 30.5 Å². The van der Waals surface area contributed by atoms with Gasteiger partial charge in [-0.3, -0.25) is 24.0 Å². The van der Waals surface area contributed by atoms with Crippen LogP contribution in [-0.4, -0.2) is 113 Å². The van der Waals surface area contributed by atoms with Gasteiger partial charge in [0.05, 0.1) is 19.8 Å². The van der Waals surface area contributed by atoms with Gasteiger partial charge in [0.15, 0.2) is 19.8 Å². The van der Waals surface area contributed by atoms with Crippen molar-refractivity contribution in [3.05, 3.63) is 198 Å². The minimum absolute atomic E-state index is 0.147. The number of hydrogen-bond acceptors (Lipinski definition) is 16. The van der Waals surface area contributed by atoms with E-state index in [1.54, 1.807) is 160 Å². The molecule has 21 nitrogen and oxygen atoms in total. The number of anilines is 3. The van der Waals surface area contributed by atoms with Gasteiger partial charge < -0.3 is 74.7 Å². The number of aliphatic hydroxyl groups excluding tert-OH is 2. The number of esters is 1. The molecule has 0 fully saturated rings. The third-order valence-electron chi connectivity index (χ3n) is 11.6. The van der Waals surface area contributed by atoms with Crippen molar-refractivity contribution in [1.82, 2.24) is 10.6 Å². The first-order valence-electron chi connectivity index (χ1n) is 27.5. The number of nitrogens with one attached hydrogen (secondary N) is 5. The molecule has 7 N–H and O–H groups in total. The summed E-state index contributed by atoms with van der Waals surface area (Å²) in [4.78, 5) is 70.9. The van der Waals surface area contributed by atoms with Crippen LogP contribution >= 0.6 is 0 Å². The number of ether oxygens (including phenoxy) is 8. The summed E-state index contributed by atoms with van der Waals surface area (Å²) in [5.41, 5.74) is 4.43. The lowest BCUT2D eigenvalue weighted by molar-refractivity contribution is -0.145. The Balaban J connectivity index is 0.000000236. The van der Waals surface area contributed by atoms with Crippen LogP contribution < -0.4 is 55.0 Å². The van der Waals surface area contributed by atoms with E-state index in [1.807, 2.05) is 30.3 Å². The normalized spacial score (nSPS) is 10.3. The lowest BCUT2D eigenvalue weighted by Crippen LogP contribution is -2.29. The first-order chi connectivity index (χ1) is 41.7. The lowest BCUT2D eigenvalue weighted by Gasteiger charge is -2.10. The molecular weight excluding hydrogens is 1110 g/mol. The zero-order valence-electron chi connectivity index (χ0n) is 48.4. The Bertz CT molecular complexity index is 3130. The average molecular weight is 1180 g/mol. The largest absolute Gasteiger partial charge is 0.494 e. The fourth-order valence-electron chi connectivity index (χ4n) is 7.21. The Labute approximate surface area is 499 Å². The molecule has 0 spiro atoms. The summed E-state index contributed by atoms with van der Waals surface area (Å²) < 4.78 is 42.5. The average Bonchev–Trinajstić information content (AvgIpc) is 3.73. The van der Waals surface area contributed by atoms with Crippen LogP contribution in [0.3, 0.4) is 0 Å². The Morgan fingerprint density at radius 1 is 0.430 bits per heavy atom. The molecule has 0 unspecified atom stereocenters.